The maximum absolute atomic E-state index is 12.9. The van der Waals surface area contributed by atoms with Crippen LogP contribution in [0.3, 0.4) is 0 Å². The van der Waals surface area contributed by atoms with Crippen molar-refractivity contribution >= 4 is 85.8 Å². The van der Waals surface area contributed by atoms with Gasteiger partial charge in [0.1, 0.15) is 12.4 Å². The van der Waals surface area contributed by atoms with Crippen LogP contribution in [0.15, 0.2) is 65.6 Å². The lowest BCUT2D eigenvalue weighted by atomic mass is 10.1. The number of imide groups is 1. The summed E-state index contributed by atoms with van der Waals surface area (Å²) < 4.78 is 7.95. The van der Waals surface area contributed by atoms with Crippen LogP contribution in [0.4, 0.5) is 4.79 Å². The number of carbonyl (C=O) groups excluding carboxylic acids is 2. The van der Waals surface area contributed by atoms with Gasteiger partial charge in [0, 0.05) is 5.02 Å². The highest BCUT2D eigenvalue weighted by Crippen LogP contribution is 2.35. The van der Waals surface area contributed by atoms with E-state index in [0.29, 0.717) is 16.5 Å². The van der Waals surface area contributed by atoms with Crippen LogP contribution in [-0.4, -0.2) is 16.0 Å². The molecule has 1 saturated heterocycles. The van der Waals surface area contributed by atoms with Gasteiger partial charge in [-0.15, -0.1) is 0 Å². The van der Waals surface area contributed by atoms with Crippen LogP contribution < -0.4 is 4.74 Å². The molecule has 3 aromatic rings. The smallest absolute Gasteiger partial charge is 0.293 e. The zero-order valence-electron chi connectivity index (χ0n) is 17.5. The lowest BCUT2D eigenvalue weighted by Gasteiger charge is -2.13. The van der Waals surface area contributed by atoms with Crippen molar-refractivity contribution in [2.24, 2.45) is 0 Å². The predicted octanol–water partition coefficient (Wildman–Crippen LogP) is 7.67. The van der Waals surface area contributed by atoms with Gasteiger partial charge in [0.2, 0.25) is 0 Å². The SMILES string of the molecule is Cc1ccc(COc2c(I)cc(/C=C3\SC(=O)N(Cc4ccc(Cl)cc4)C3=O)cc2I)cc1. The third-order valence-electron chi connectivity index (χ3n) is 4.95. The van der Waals surface area contributed by atoms with Crippen molar-refractivity contribution in [2.45, 2.75) is 20.1 Å². The lowest BCUT2D eigenvalue weighted by Crippen LogP contribution is -2.27. The topological polar surface area (TPSA) is 46.6 Å². The van der Waals surface area contributed by atoms with E-state index in [0.717, 1.165) is 41.3 Å². The Kier molecular flexibility index (Phi) is 8.03. The molecule has 0 aliphatic carbocycles. The number of carbonyl (C=O) groups is 2. The highest BCUT2D eigenvalue weighted by molar-refractivity contribution is 14.1. The first-order valence-corrected chi connectivity index (χ1v) is 13.3. The summed E-state index contributed by atoms with van der Waals surface area (Å²) >= 11 is 11.4. The molecule has 0 spiro atoms. The Balaban J connectivity index is 1.49. The molecule has 0 saturated carbocycles. The molecule has 33 heavy (non-hydrogen) atoms. The van der Waals surface area contributed by atoms with E-state index < -0.39 is 0 Å². The summed E-state index contributed by atoms with van der Waals surface area (Å²) in [6.45, 7) is 2.76. The molecular formula is C25H18ClI2NO3S. The predicted molar refractivity (Wildman–Crippen MR) is 150 cm³/mol. The summed E-state index contributed by atoms with van der Waals surface area (Å²) in [4.78, 5) is 27.0. The minimum absolute atomic E-state index is 0.222. The molecule has 4 rings (SSSR count). The molecule has 4 nitrogen and oxygen atoms in total. The second-order valence-electron chi connectivity index (χ2n) is 7.48. The maximum atomic E-state index is 12.9. The van der Waals surface area contributed by atoms with E-state index in [9.17, 15) is 9.59 Å². The molecule has 0 aromatic heterocycles. The van der Waals surface area contributed by atoms with Crippen molar-refractivity contribution in [3.05, 3.63) is 100.0 Å². The molecule has 1 aliphatic rings. The van der Waals surface area contributed by atoms with Crippen molar-refractivity contribution in [3.8, 4) is 5.75 Å². The lowest BCUT2D eigenvalue weighted by molar-refractivity contribution is -0.123. The zero-order chi connectivity index (χ0) is 23.5. The number of hydrogen-bond donors (Lipinski definition) is 0. The van der Waals surface area contributed by atoms with Crippen molar-refractivity contribution < 1.29 is 14.3 Å². The van der Waals surface area contributed by atoms with Gasteiger partial charge < -0.3 is 4.74 Å². The first-order valence-electron chi connectivity index (χ1n) is 9.97. The number of ether oxygens (including phenoxy) is 1. The average molecular weight is 702 g/mol. The summed E-state index contributed by atoms with van der Waals surface area (Å²) in [5.41, 5.74) is 4.01. The second-order valence-corrected chi connectivity index (χ2v) is 11.2. The average Bonchev–Trinajstić information content (AvgIpc) is 3.03. The van der Waals surface area contributed by atoms with E-state index in [4.69, 9.17) is 16.3 Å². The highest BCUT2D eigenvalue weighted by Gasteiger charge is 2.35. The van der Waals surface area contributed by atoms with Crippen LogP contribution in [0, 0.1) is 14.1 Å². The molecular weight excluding hydrogens is 684 g/mol. The van der Waals surface area contributed by atoms with Gasteiger partial charge in [-0.25, -0.2) is 0 Å². The number of thioether (sulfide) groups is 1. The molecule has 0 unspecified atom stereocenters. The Morgan fingerprint density at radius 3 is 2.21 bits per heavy atom. The summed E-state index contributed by atoms with van der Waals surface area (Å²) in [7, 11) is 0. The summed E-state index contributed by atoms with van der Waals surface area (Å²) in [5.74, 6) is 0.523. The largest absolute Gasteiger partial charge is 0.487 e. The summed E-state index contributed by atoms with van der Waals surface area (Å²) in [5, 5.41) is 0.340. The van der Waals surface area contributed by atoms with Gasteiger partial charge in [-0.05, 0) is 111 Å². The normalized spacial score (nSPS) is 14.9. The van der Waals surface area contributed by atoms with Gasteiger partial charge in [0.05, 0.1) is 18.6 Å². The van der Waals surface area contributed by atoms with Crippen molar-refractivity contribution in [1.29, 1.82) is 0 Å². The van der Waals surface area contributed by atoms with Gasteiger partial charge in [0.15, 0.2) is 0 Å². The van der Waals surface area contributed by atoms with Gasteiger partial charge in [-0.2, -0.15) is 0 Å². The first kappa shape index (κ1) is 24.6. The summed E-state index contributed by atoms with van der Waals surface area (Å²) in [6, 6.07) is 19.3. The quantitative estimate of drug-likeness (QED) is 0.196. The molecule has 1 aliphatic heterocycles. The van der Waals surface area contributed by atoms with Gasteiger partial charge >= 0.3 is 0 Å². The Morgan fingerprint density at radius 2 is 1.58 bits per heavy atom. The van der Waals surface area contributed by atoms with Crippen LogP contribution in [0.2, 0.25) is 5.02 Å². The van der Waals surface area contributed by atoms with Crippen LogP contribution in [0.1, 0.15) is 22.3 Å². The number of nitrogens with zero attached hydrogens (tertiary/aromatic N) is 1. The van der Waals surface area contributed by atoms with Gasteiger partial charge in [0.25, 0.3) is 11.1 Å². The molecule has 3 aromatic carbocycles. The zero-order valence-corrected chi connectivity index (χ0v) is 23.4. The molecule has 1 fully saturated rings. The number of amides is 2. The summed E-state index contributed by atoms with van der Waals surface area (Å²) in [6.07, 6.45) is 1.76. The van der Waals surface area contributed by atoms with E-state index in [-0.39, 0.29) is 17.7 Å². The van der Waals surface area contributed by atoms with Crippen molar-refractivity contribution in [1.82, 2.24) is 4.90 Å². The monoisotopic (exact) mass is 701 g/mol. The minimum Gasteiger partial charge on any atom is -0.487 e. The van der Waals surface area contributed by atoms with Gasteiger partial charge in [-0.3, -0.25) is 14.5 Å². The highest BCUT2D eigenvalue weighted by atomic mass is 127. The number of aryl methyl sites for hydroxylation is 1. The van der Waals surface area contributed by atoms with E-state index in [2.05, 4.69) is 76.4 Å². The van der Waals surface area contributed by atoms with Crippen LogP contribution in [0.5, 0.6) is 5.75 Å². The Bertz CT molecular complexity index is 1220. The second kappa shape index (κ2) is 10.8. The molecule has 0 atom stereocenters. The van der Waals surface area contributed by atoms with E-state index >= 15 is 0 Å². The Morgan fingerprint density at radius 1 is 0.970 bits per heavy atom. The van der Waals surface area contributed by atoms with E-state index in [1.54, 1.807) is 18.2 Å². The fourth-order valence-corrected chi connectivity index (χ4v) is 6.29. The number of rotatable bonds is 6. The van der Waals surface area contributed by atoms with Crippen LogP contribution >= 0.6 is 68.5 Å². The fourth-order valence-electron chi connectivity index (χ4n) is 3.20. The Hall–Kier alpha value is -1.56. The third-order valence-corrected chi connectivity index (χ3v) is 7.71. The molecule has 8 heteroatoms. The standard InChI is InChI=1S/C25H18ClI2NO3S/c1-15-2-4-17(5-3-15)14-32-23-20(27)10-18(11-21(23)28)12-22-24(30)29(25(31)33-22)13-16-6-8-19(26)9-7-16/h2-12H,13-14H2,1H3/b22-12-. The van der Waals surface area contributed by atoms with Crippen molar-refractivity contribution in [3.63, 3.8) is 0 Å². The van der Waals surface area contributed by atoms with Crippen LogP contribution in [0.25, 0.3) is 6.08 Å². The van der Waals surface area contributed by atoms with Crippen LogP contribution in [-0.2, 0) is 17.9 Å². The molecule has 168 valence electrons. The number of benzene rings is 3. The van der Waals surface area contributed by atoms with Crippen molar-refractivity contribution in [2.75, 3.05) is 0 Å². The molecule has 0 bridgehead atoms. The van der Waals surface area contributed by atoms with E-state index in [1.165, 1.54) is 10.5 Å². The molecule has 0 radical (unpaired) electrons. The van der Waals surface area contributed by atoms with E-state index in [1.807, 2.05) is 24.3 Å². The minimum atomic E-state index is -0.287. The first-order chi connectivity index (χ1) is 15.8. The molecule has 1 heterocycles. The Labute approximate surface area is 229 Å². The molecule has 0 N–H and O–H groups in total. The van der Waals surface area contributed by atoms with Gasteiger partial charge in [-0.1, -0.05) is 53.6 Å². The number of halogens is 3. The number of hydrogen-bond acceptors (Lipinski definition) is 4. The fraction of sp³-hybridized carbons (Fsp3) is 0.120. The third kappa shape index (κ3) is 6.12. The maximum Gasteiger partial charge on any atom is 0.293 e. The molecule has 2 amide bonds.